The molecular formula is C9H14O2S. The Morgan fingerprint density at radius 2 is 2.25 bits per heavy atom. The van der Waals surface area contributed by atoms with E-state index in [0.29, 0.717) is 12.4 Å². The molecule has 0 aliphatic carbocycles. The fourth-order valence-corrected chi connectivity index (χ4v) is 1.60. The van der Waals surface area contributed by atoms with Crippen LogP contribution in [0.1, 0.15) is 25.7 Å². The van der Waals surface area contributed by atoms with Crippen molar-refractivity contribution in [1.29, 1.82) is 0 Å². The maximum absolute atomic E-state index is 11.0. The van der Waals surface area contributed by atoms with Crippen LogP contribution in [0.5, 0.6) is 0 Å². The van der Waals surface area contributed by atoms with Crippen molar-refractivity contribution in [2.24, 2.45) is 0 Å². The first kappa shape index (κ1) is 9.65. The van der Waals surface area contributed by atoms with Gasteiger partial charge in [0.25, 0.3) is 0 Å². The summed E-state index contributed by atoms with van der Waals surface area (Å²) in [4.78, 5) is 11.0. The molecule has 0 fully saturated rings. The number of carbonyl (C=O) groups is 1. The van der Waals surface area contributed by atoms with E-state index in [0.717, 1.165) is 25.0 Å². The van der Waals surface area contributed by atoms with Crippen LogP contribution in [0.2, 0.25) is 0 Å². The summed E-state index contributed by atoms with van der Waals surface area (Å²) in [5, 5.41) is 0. The van der Waals surface area contributed by atoms with Crippen LogP contribution in [0.25, 0.3) is 0 Å². The van der Waals surface area contributed by atoms with E-state index in [1.165, 1.54) is 0 Å². The van der Waals surface area contributed by atoms with E-state index in [2.05, 4.69) is 12.2 Å². The van der Waals surface area contributed by atoms with E-state index in [1.54, 1.807) is 11.8 Å². The van der Waals surface area contributed by atoms with Gasteiger partial charge in [-0.25, -0.2) is 0 Å². The number of allylic oxidation sites excluding steroid dienone is 1. The molecule has 0 radical (unpaired) electrons. The van der Waals surface area contributed by atoms with Gasteiger partial charge in [-0.05, 0) is 19.3 Å². The Morgan fingerprint density at radius 1 is 1.33 bits per heavy atom. The maximum atomic E-state index is 11.0. The lowest BCUT2D eigenvalue weighted by atomic mass is 10.2. The van der Waals surface area contributed by atoms with Gasteiger partial charge in [-0.2, -0.15) is 0 Å². The number of hydrogen-bond acceptors (Lipinski definition) is 3. The van der Waals surface area contributed by atoms with Crippen LogP contribution in [0, 0.1) is 0 Å². The minimum atomic E-state index is -0.0515. The summed E-state index contributed by atoms with van der Waals surface area (Å²) < 4.78 is 4.96. The van der Waals surface area contributed by atoms with Crippen LogP contribution in [-0.4, -0.2) is 17.7 Å². The first-order valence-corrected chi connectivity index (χ1v) is 5.43. The maximum Gasteiger partial charge on any atom is 0.306 e. The molecule has 0 aromatic rings. The average Bonchev–Trinajstić information content (AvgIpc) is 2.11. The fourth-order valence-electron chi connectivity index (χ4n) is 1.01. The van der Waals surface area contributed by atoms with Crippen molar-refractivity contribution in [1.82, 2.24) is 0 Å². The quantitative estimate of drug-likeness (QED) is 0.429. The number of rotatable bonds is 0. The third-order valence-corrected chi connectivity index (χ3v) is 2.40. The molecule has 1 aliphatic rings. The highest BCUT2D eigenvalue weighted by Crippen LogP contribution is 2.08. The predicted molar refractivity (Wildman–Crippen MR) is 51.0 cm³/mol. The molecule has 0 N–H and O–H groups in total. The summed E-state index contributed by atoms with van der Waals surface area (Å²) in [5.74, 6) is 1.40. The molecule has 0 saturated heterocycles. The Hall–Kier alpha value is -0.440. The topological polar surface area (TPSA) is 26.3 Å². The second-order valence-corrected chi connectivity index (χ2v) is 3.70. The van der Waals surface area contributed by atoms with Crippen molar-refractivity contribution >= 4 is 17.7 Å². The molecule has 1 rings (SSSR count). The number of ether oxygens (including phenoxy) is 1. The first-order valence-electron chi connectivity index (χ1n) is 4.28. The smallest absolute Gasteiger partial charge is 0.306 e. The Balaban J connectivity index is 2.25. The summed E-state index contributed by atoms with van der Waals surface area (Å²) in [7, 11) is 0. The number of hydrogen-bond donors (Lipinski definition) is 0. The first-order chi connectivity index (χ1) is 5.89. The zero-order valence-corrected chi connectivity index (χ0v) is 7.94. The van der Waals surface area contributed by atoms with Crippen molar-refractivity contribution in [2.75, 3.05) is 11.7 Å². The second-order valence-electron chi connectivity index (χ2n) is 2.72. The average molecular weight is 186 g/mol. The summed E-state index contributed by atoms with van der Waals surface area (Å²) in [6.07, 6.45) is 8.04. The third-order valence-electron chi connectivity index (χ3n) is 1.69. The normalized spacial score (nSPS) is 23.8. The van der Waals surface area contributed by atoms with Gasteiger partial charge >= 0.3 is 5.97 Å². The third kappa shape index (κ3) is 4.44. The zero-order valence-electron chi connectivity index (χ0n) is 7.12. The largest absolute Gasteiger partial charge is 0.455 e. The van der Waals surface area contributed by atoms with Crippen LogP contribution in [-0.2, 0) is 9.53 Å². The van der Waals surface area contributed by atoms with E-state index in [-0.39, 0.29) is 5.97 Å². The van der Waals surface area contributed by atoms with Gasteiger partial charge in [-0.3, -0.25) is 4.79 Å². The molecule has 0 amide bonds. The summed E-state index contributed by atoms with van der Waals surface area (Å²) in [6.45, 7) is 0. The minimum Gasteiger partial charge on any atom is -0.455 e. The van der Waals surface area contributed by atoms with E-state index >= 15 is 0 Å². The van der Waals surface area contributed by atoms with E-state index in [9.17, 15) is 4.79 Å². The van der Waals surface area contributed by atoms with E-state index < -0.39 is 0 Å². The molecule has 0 saturated carbocycles. The van der Waals surface area contributed by atoms with Gasteiger partial charge < -0.3 is 4.74 Å². The lowest BCUT2D eigenvalue weighted by Gasteiger charge is -2.01. The lowest BCUT2D eigenvalue weighted by Crippen LogP contribution is -2.03. The summed E-state index contributed by atoms with van der Waals surface area (Å²) >= 11 is 1.63. The van der Waals surface area contributed by atoms with Gasteiger partial charge in [-0.15, -0.1) is 11.8 Å². The molecule has 2 nitrogen and oxygen atoms in total. The van der Waals surface area contributed by atoms with Gasteiger partial charge in [0.15, 0.2) is 0 Å². The Kier molecular flexibility index (Phi) is 4.92. The molecule has 0 unspecified atom stereocenters. The van der Waals surface area contributed by atoms with Crippen LogP contribution in [0.15, 0.2) is 12.2 Å². The highest BCUT2D eigenvalue weighted by molar-refractivity contribution is 7.99. The number of thioether (sulfide) groups is 1. The lowest BCUT2D eigenvalue weighted by molar-refractivity contribution is -0.141. The molecule has 0 aromatic heterocycles. The van der Waals surface area contributed by atoms with Crippen molar-refractivity contribution < 1.29 is 9.53 Å². The van der Waals surface area contributed by atoms with Crippen molar-refractivity contribution in [3.8, 4) is 0 Å². The molecule has 12 heavy (non-hydrogen) atoms. The highest BCUT2D eigenvalue weighted by atomic mass is 32.2. The van der Waals surface area contributed by atoms with Gasteiger partial charge in [0, 0.05) is 12.2 Å². The fraction of sp³-hybridized carbons (Fsp3) is 0.667. The van der Waals surface area contributed by atoms with Gasteiger partial charge in [-0.1, -0.05) is 12.2 Å². The molecule has 68 valence electrons. The van der Waals surface area contributed by atoms with Gasteiger partial charge in [0.2, 0.25) is 0 Å². The van der Waals surface area contributed by atoms with Crippen LogP contribution >= 0.6 is 11.8 Å². The van der Waals surface area contributed by atoms with Crippen molar-refractivity contribution in [3.63, 3.8) is 0 Å². The Labute approximate surface area is 77.4 Å². The van der Waals surface area contributed by atoms with Crippen LogP contribution in [0.4, 0.5) is 0 Å². The molecule has 1 heterocycles. The number of cyclic esters (lactones) is 1. The SMILES string of the molecule is O=C1CCCC/C=C/CSCO1. The molecule has 0 bridgehead atoms. The Bertz CT molecular complexity index is 150. The molecule has 0 atom stereocenters. The standard InChI is InChI=1S/C9H14O2S/c10-9-6-4-2-1-3-5-7-12-8-11-9/h3,5H,1-2,4,6-8H2/b5-3+. The number of esters is 1. The van der Waals surface area contributed by atoms with Crippen molar-refractivity contribution in [3.05, 3.63) is 12.2 Å². The molecule has 1 aliphatic heterocycles. The van der Waals surface area contributed by atoms with E-state index in [4.69, 9.17) is 4.74 Å². The van der Waals surface area contributed by atoms with Crippen LogP contribution < -0.4 is 0 Å². The second kappa shape index (κ2) is 6.12. The van der Waals surface area contributed by atoms with Crippen molar-refractivity contribution in [2.45, 2.75) is 25.7 Å². The van der Waals surface area contributed by atoms with E-state index in [1.807, 2.05) is 0 Å². The zero-order chi connectivity index (χ0) is 8.65. The summed E-state index contributed by atoms with van der Waals surface area (Å²) in [5.41, 5.74) is 0. The van der Waals surface area contributed by atoms with Crippen LogP contribution in [0.3, 0.4) is 0 Å². The molecule has 0 spiro atoms. The Morgan fingerprint density at radius 3 is 3.17 bits per heavy atom. The van der Waals surface area contributed by atoms with Gasteiger partial charge in [0.1, 0.15) is 5.94 Å². The van der Waals surface area contributed by atoms with Gasteiger partial charge in [0.05, 0.1) is 0 Å². The number of carbonyl (C=O) groups excluding carboxylic acids is 1. The molecular weight excluding hydrogens is 172 g/mol. The predicted octanol–water partition coefficient (Wildman–Crippen LogP) is 2.35. The summed E-state index contributed by atoms with van der Waals surface area (Å²) in [6, 6.07) is 0. The highest BCUT2D eigenvalue weighted by Gasteiger charge is 2.02. The monoisotopic (exact) mass is 186 g/mol. The minimum absolute atomic E-state index is 0.0515. The molecule has 0 aromatic carbocycles. The molecule has 3 heteroatoms.